The highest BCUT2D eigenvalue weighted by molar-refractivity contribution is 7.82. The van der Waals surface area contributed by atoms with E-state index in [9.17, 15) is 38.8 Å². The fourth-order valence-corrected chi connectivity index (χ4v) is 2.20. The molecular formula is C6HN3O10S. The van der Waals surface area contributed by atoms with Crippen molar-refractivity contribution < 1.29 is 31.6 Å². The van der Waals surface area contributed by atoms with E-state index in [1.54, 1.807) is 0 Å². The largest absolute Gasteiger partial charge is 0.501 e. The molecule has 0 amide bonds. The molecule has 1 aliphatic heterocycles. The van der Waals surface area contributed by atoms with Gasteiger partial charge in [-0.25, -0.2) is 0 Å². The molecule has 0 saturated carbocycles. The second-order valence-corrected chi connectivity index (χ2v) is 4.42. The molecule has 0 spiro atoms. The number of rotatable bonds is 3. The van der Waals surface area contributed by atoms with Crippen molar-refractivity contribution in [3.63, 3.8) is 0 Å². The highest BCUT2D eigenvalue weighted by Gasteiger charge is 2.47. The number of nitro benzene ring substituents is 3. The van der Waals surface area contributed by atoms with Gasteiger partial charge in [-0.05, 0) is 0 Å². The van der Waals surface area contributed by atoms with Crippen LogP contribution in [0.2, 0.25) is 0 Å². The molecule has 1 aliphatic rings. The van der Waals surface area contributed by atoms with Crippen LogP contribution < -0.4 is 8.37 Å². The zero-order chi connectivity index (χ0) is 15.2. The van der Waals surface area contributed by atoms with Crippen molar-refractivity contribution in [2.45, 2.75) is 0 Å². The van der Waals surface area contributed by atoms with E-state index in [1.807, 2.05) is 0 Å². The molecule has 106 valence electrons. The molecular weight excluding hydrogens is 306 g/mol. The Labute approximate surface area is 108 Å². The number of nitrogens with zero attached hydrogens (tertiary/aromatic N) is 3. The fourth-order valence-electron chi connectivity index (χ4n) is 1.43. The van der Waals surface area contributed by atoms with Crippen LogP contribution in [-0.4, -0.2) is 23.2 Å². The maximum atomic E-state index is 11.2. The van der Waals surface area contributed by atoms with E-state index < -0.39 is 53.7 Å². The molecule has 20 heavy (non-hydrogen) atoms. The Bertz CT molecular complexity index is 719. The first kappa shape index (κ1) is 13.4. The molecule has 2 bridgehead atoms. The van der Waals surface area contributed by atoms with Crippen molar-refractivity contribution in [3.8, 4) is 11.5 Å². The van der Waals surface area contributed by atoms with E-state index in [0.717, 1.165) is 0 Å². The predicted molar refractivity (Wildman–Crippen MR) is 56.6 cm³/mol. The van der Waals surface area contributed by atoms with Crippen LogP contribution >= 0.6 is 0 Å². The Morgan fingerprint density at radius 3 is 1.55 bits per heavy atom. The van der Waals surface area contributed by atoms with Crippen LogP contribution in [0, 0.1) is 30.3 Å². The molecule has 1 aromatic carbocycles. The zero-order valence-corrected chi connectivity index (χ0v) is 9.73. The van der Waals surface area contributed by atoms with Gasteiger partial charge in [-0.15, -0.1) is 8.42 Å². The summed E-state index contributed by atoms with van der Waals surface area (Å²) in [6.07, 6.45) is 0. The lowest BCUT2D eigenvalue weighted by atomic mass is 10.2. The van der Waals surface area contributed by atoms with Crippen molar-refractivity contribution >= 4 is 27.5 Å². The normalized spacial score (nSPS) is 14.8. The van der Waals surface area contributed by atoms with E-state index in [2.05, 4.69) is 8.37 Å². The first-order chi connectivity index (χ1) is 9.14. The molecule has 0 unspecified atom stereocenters. The average molecular weight is 307 g/mol. The predicted octanol–water partition coefficient (Wildman–Crippen LogP) is 0.427. The number of fused-ring (bicyclic) bond motifs is 2. The summed E-state index contributed by atoms with van der Waals surface area (Å²) < 4.78 is 30.4. The summed E-state index contributed by atoms with van der Waals surface area (Å²) in [4.78, 5) is 28.5. The van der Waals surface area contributed by atoms with Gasteiger partial charge in [-0.2, -0.15) is 0 Å². The van der Waals surface area contributed by atoms with Crippen LogP contribution in [-0.2, 0) is 10.4 Å². The summed E-state index contributed by atoms with van der Waals surface area (Å²) in [5.74, 6) is -2.49. The maximum Gasteiger partial charge on any atom is 0.501 e. The standard InChI is InChI=1S/C6HN3O10S/c10-7(11)2-1-3(8(12)13)6-4(9(14)15)5(2)18-20(16,17)19-6/h1H. The first-order valence-electron chi connectivity index (χ1n) is 4.42. The molecule has 0 radical (unpaired) electrons. The van der Waals surface area contributed by atoms with Gasteiger partial charge in [0.25, 0.3) is 0 Å². The van der Waals surface area contributed by atoms with Crippen molar-refractivity contribution in [3.05, 3.63) is 36.4 Å². The minimum Gasteiger partial charge on any atom is -0.338 e. The van der Waals surface area contributed by atoms with Gasteiger partial charge in [-0.1, -0.05) is 0 Å². The number of hydrogen-bond acceptors (Lipinski definition) is 10. The van der Waals surface area contributed by atoms with Gasteiger partial charge >= 0.3 is 39.0 Å². The molecule has 0 atom stereocenters. The minimum absolute atomic E-state index is 0.312. The zero-order valence-electron chi connectivity index (χ0n) is 8.91. The molecule has 0 aromatic heterocycles. The van der Waals surface area contributed by atoms with Crippen LogP contribution in [0.3, 0.4) is 0 Å². The van der Waals surface area contributed by atoms with E-state index >= 15 is 0 Å². The topological polar surface area (TPSA) is 182 Å². The quantitative estimate of drug-likeness (QED) is 0.560. The lowest BCUT2D eigenvalue weighted by Gasteiger charge is -2.14. The van der Waals surface area contributed by atoms with Gasteiger partial charge < -0.3 is 8.37 Å². The van der Waals surface area contributed by atoms with Gasteiger partial charge in [-0.3, -0.25) is 30.3 Å². The van der Waals surface area contributed by atoms with Crippen molar-refractivity contribution in [1.82, 2.24) is 0 Å². The monoisotopic (exact) mass is 307 g/mol. The third-order valence-corrected chi connectivity index (χ3v) is 2.86. The molecule has 0 fully saturated rings. The molecule has 0 N–H and O–H groups in total. The smallest absolute Gasteiger partial charge is 0.338 e. The van der Waals surface area contributed by atoms with Crippen molar-refractivity contribution in [1.29, 1.82) is 0 Å². The van der Waals surface area contributed by atoms with E-state index in [4.69, 9.17) is 0 Å². The summed E-state index contributed by atoms with van der Waals surface area (Å²) >= 11 is 0. The highest BCUT2D eigenvalue weighted by Crippen LogP contribution is 2.52. The molecule has 14 heteroatoms. The van der Waals surface area contributed by atoms with Crippen LogP contribution in [0.15, 0.2) is 6.07 Å². The lowest BCUT2D eigenvalue weighted by Crippen LogP contribution is -2.23. The van der Waals surface area contributed by atoms with Crippen LogP contribution in [0.4, 0.5) is 17.1 Å². The Morgan fingerprint density at radius 2 is 1.25 bits per heavy atom. The number of nitro groups is 3. The lowest BCUT2D eigenvalue weighted by molar-refractivity contribution is -0.405. The van der Waals surface area contributed by atoms with Crippen LogP contribution in [0.1, 0.15) is 0 Å². The molecule has 0 aliphatic carbocycles. The van der Waals surface area contributed by atoms with Crippen LogP contribution in [0.5, 0.6) is 11.5 Å². The van der Waals surface area contributed by atoms with Gasteiger partial charge in [0.15, 0.2) is 0 Å². The minimum atomic E-state index is -4.91. The summed E-state index contributed by atoms with van der Waals surface area (Å²) in [6, 6.07) is 0.312. The summed E-state index contributed by atoms with van der Waals surface area (Å²) in [7, 11) is -4.91. The van der Waals surface area contributed by atoms with E-state index in [1.165, 1.54) is 0 Å². The Balaban J connectivity index is 2.96. The number of benzene rings is 1. The van der Waals surface area contributed by atoms with Crippen molar-refractivity contribution in [2.75, 3.05) is 0 Å². The average Bonchev–Trinajstić information content (AvgIpc) is 2.25. The second-order valence-electron chi connectivity index (χ2n) is 3.27. The van der Waals surface area contributed by atoms with E-state index in [-0.39, 0.29) is 0 Å². The van der Waals surface area contributed by atoms with Crippen LogP contribution in [0.25, 0.3) is 0 Å². The first-order valence-corrected chi connectivity index (χ1v) is 5.75. The summed E-state index contributed by atoms with van der Waals surface area (Å²) in [6.45, 7) is 0. The highest BCUT2D eigenvalue weighted by atomic mass is 32.3. The molecule has 0 saturated heterocycles. The van der Waals surface area contributed by atoms with Gasteiger partial charge in [0.05, 0.1) is 14.8 Å². The Morgan fingerprint density at radius 1 is 0.850 bits per heavy atom. The van der Waals surface area contributed by atoms with Gasteiger partial charge in [0, 0.05) is 0 Å². The number of hydrogen-bond donors (Lipinski definition) is 0. The van der Waals surface area contributed by atoms with Gasteiger partial charge in [0.1, 0.15) is 6.07 Å². The molecule has 2 rings (SSSR count). The third kappa shape index (κ3) is 1.92. The second kappa shape index (κ2) is 3.98. The van der Waals surface area contributed by atoms with Gasteiger partial charge in [0.2, 0.25) is 0 Å². The van der Waals surface area contributed by atoms with E-state index in [0.29, 0.717) is 6.07 Å². The maximum absolute atomic E-state index is 11.2. The molecule has 13 nitrogen and oxygen atoms in total. The Kier molecular flexibility index (Phi) is 2.67. The fraction of sp³-hybridized carbons (Fsp3) is 0. The summed E-state index contributed by atoms with van der Waals surface area (Å²) in [5.41, 5.74) is -3.78. The third-order valence-electron chi connectivity index (χ3n) is 2.12. The summed E-state index contributed by atoms with van der Waals surface area (Å²) in [5, 5.41) is 32.2. The van der Waals surface area contributed by atoms with Crippen molar-refractivity contribution in [2.24, 2.45) is 0 Å². The SMILES string of the molecule is O=[N+]([O-])c1cc([N+](=O)[O-])c2c([N+](=O)[O-])c1OS(=O)(=O)O2. The Hall–Kier alpha value is -3.03. The molecule has 1 heterocycles. The molecule has 1 aromatic rings.